The second-order valence-electron chi connectivity index (χ2n) is 8.35. The number of carbonyl (C=O) groups excluding carboxylic acids is 2. The Labute approximate surface area is 178 Å². The summed E-state index contributed by atoms with van der Waals surface area (Å²) < 4.78 is 16.5. The minimum absolute atomic E-state index is 0.227. The third-order valence-corrected chi connectivity index (χ3v) is 4.91. The Kier molecular flexibility index (Phi) is 5.26. The van der Waals surface area contributed by atoms with E-state index in [-0.39, 0.29) is 16.8 Å². The second-order valence-corrected chi connectivity index (χ2v) is 8.35. The summed E-state index contributed by atoms with van der Waals surface area (Å²) >= 11 is 0. The molecule has 0 unspecified atom stereocenters. The Morgan fingerprint density at radius 2 is 2.10 bits per heavy atom. The molecule has 3 heterocycles. The molecule has 0 spiro atoms. The van der Waals surface area contributed by atoms with Crippen molar-refractivity contribution < 1.29 is 23.5 Å². The number of H-pyrrole nitrogens is 1. The van der Waals surface area contributed by atoms with Gasteiger partial charge < -0.3 is 18.9 Å². The Bertz CT molecular complexity index is 1180. The Balaban J connectivity index is 1.53. The van der Waals surface area contributed by atoms with Crippen LogP contribution in [-0.2, 0) is 9.53 Å². The highest BCUT2D eigenvalue weighted by molar-refractivity contribution is 5.86. The van der Waals surface area contributed by atoms with Crippen molar-refractivity contribution >= 4 is 23.0 Å². The first-order valence-corrected chi connectivity index (χ1v) is 9.98. The van der Waals surface area contributed by atoms with Crippen molar-refractivity contribution in [1.29, 1.82) is 0 Å². The standard InChI is InChI=1S/C22H23N3O6/c1-22(2,3)31-21(28)25-8-4-5-17(25)20(27)30-13-6-7-14-18(9-13)29-11-15(19(14)26)16-10-23-12-24-16/h6-7,9-12,17H,4-5,8H2,1-3H3,(H,23,24)/t17-/m0/s1. The lowest BCUT2D eigenvalue weighted by atomic mass is 10.1. The molecule has 31 heavy (non-hydrogen) atoms. The molecule has 1 amide bonds. The fourth-order valence-electron chi connectivity index (χ4n) is 3.50. The number of likely N-dealkylation sites (tertiary alicyclic amines) is 1. The lowest BCUT2D eigenvalue weighted by molar-refractivity contribution is -0.139. The van der Waals surface area contributed by atoms with Gasteiger partial charge in [-0.2, -0.15) is 0 Å². The van der Waals surface area contributed by atoms with E-state index in [2.05, 4.69) is 9.97 Å². The first kappa shape index (κ1) is 20.6. The van der Waals surface area contributed by atoms with Crippen molar-refractivity contribution in [2.24, 2.45) is 0 Å². The summed E-state index contributed by atoms with van der Waals surface area (Å²) in [7, 11) is 0. The Hall–Kier alpha value is -3.62. The summed E-state index contributed by atoms with van der Waals surface area (Å²) in [6, 6.07) is 3.84. The zero-order chi connectivity index (χ0) is 22.2. The first-order valence-electron chi connectivity index (χ1n) is 9.98. The zero-order valence-corrected chi connectivity index (χ0v) is 17.5. The van der Waals surface area contributed by atoms with Gasteiger partial charge in [-0.1, -0.05) is 0 Å². The van der Waals surface area contributed by atoms with E-state index in [9.17, 15) is 14.4 Å². The van der Waals surface area contributed by atoms with Crippen LogP contribution >= 0.6 is 0 Å². The quantitative estimate of drug-likeness (QED) is 0.504. The van der Waals surface area contributed by atoms with Gasteiger partial charge in [0.2, 0.25) is 5.43 Å². The summed E-state index contributed by atoms with van der Waals surface area (Å²) in [4.78, 5) is 46.0. The van der Waals surface area contributed by atoms with Gasteiger partial charge in [-0.15, -0.1) is 0 Å². The number of aromatic nitrogens is 2. The van der Waals surface area contributed by atoms with Crippen LogP contribution in [0.4, 0.5) is 4.79 Å². The van der Waals surface area contributed by atoms with E-state index in [4.69, 9.17) is 13.9 Å². The molecule has 1 atom stereocenters. The van der Waals surface area contributed by atoms with Gasteiger partial charge >= 0.3 is 12.1 Å². The Morgan fingerprint density at radius 1 is 1.29 bits per heavy atom. The molecule has 162 valence electrons. The van der Waals surface area contributed by atoms with Crippen LogP contribution in [0.15, 0.2) is 46.2 Å². The largest absolute Gasteiger partial charge is 0.463 e. The minimum atomic E-state index is -0.722. The first-order chi connectivity index (χ1) is 14.7. The van der Waals surface area contributed by atoms with E-state index in [1.54, 1.807) is 26.8 Å². The highest BCUT2D eigenvalue weighted by Crippen LogP contribution is 2.25. The van der Waals surface area contributed by atoms with Crippen molar-refractivity contribution in [3.05, 3.63) is 47.2 Å². The molecule has 0 aliphatic carbocycles. The van der Waals surface area contributed by atoms with Crippen molar-refractivity contribution in [2.45, 2.75) is 45.3 Å². The molecule has 1 aliphatic heterocycles. The number of aromatic amines is 1. The summed E-state index contributed by atoms with van der Waals surface area (Å²) in [6.07, 6.45) is 4.99. The minimum Gasteiger partial charge on any atom is -0.463 e. The Morgan fingerprint density at radius 3 is 2.81 bits per heavy atom. The molecule has 1 N–H and O–H groups in total. The number of benzene rings is 1. The number of ether oxygens (including phenoxy) is 2. The number of nitrogens with one attached hydrogen (secondary N) is 1. The topological polar surface area (TPSA) is 115 Å². The van der Waals surface area contributed by atoms with E-state index >= 15 is 0 Å². The normalized spacial score (nSPS) is 16.5. The van der Waals surface area contributed by atoms with Crippen LogP contribution in [0.2, 0.25) is 0 Å². The molecule has 2 aromatic heterocycles. The SMILES string of the molecule is CC(C)(C)OC(=O)N1CCC[C@H]1C(=O)Oc1ccc2c(=O)c(-c3cnc[nH]3)coc2c1. The van der Waals surface area contributed by atoms with Gasteiger partial charge in [0.1, 0.15) is 29.2 Å². The van der Waals surface area contributed by atoms with Crippen molar-refractivity contribution in [3.8, 4) is 17.0 Å². The number of nitrogens with zero attached hydrogens (tertiary/aromatic N) is 2. The highest BCUT2D eigenvalue weighted by atomic mass is 16.6. The maximum absolute atomic E-state index is 12.7. The lowest BCUT2D eigenvalue weighted by Gasteiger charge is -2.27. The van der Waals surface area contributed by atoms with Gasteiger partial charge in [-0.3, -0.25) is 9.69 Å². The molecule has 0 saturated carbocycles. The predicted octanol–water partition coefficient (Wildman–Crippen LogP) is 3.49. The molecule has 1 aromatic carbocycles. The average Bonchev–Trinajstić information content (AvgIpc) is 3.39. The summed E-state index contributed by atoms with van der Waals surface area (Å²) in [5.74, 6) is -0.329. The fourth-order valence-corrected chi connectivity index (χ4v) is 3.50. The smallest absolute Gasteiger partial charge is 0.411 e. The van der Waals surface area contributed by atoms with Gasteiger partial charge in [0.05, 0.1) is 29.2 Å². The van der Waals surface area contributed by atoms with E-state index in [1.165, 1.54) is 35.8 Å². The number of hydrogen-bond donors (Lipinski definition) is 1. The van der Waals surface area contributed by atoms with Crippen molar-refractivity contribution in [1.82, 2.24) is 14.9 Å². The van der Waals surface area contributed by atoms with Crippen LogP contribution in [0.5, 0.6) is 5.75 Å². The molecule has 3 aromatic rings. The number of imidazole rings is 1. The maximum Gasteiger partial charge on any atom is 0.411 e. The summed E-state index contributed by atoms with van der Waals surface area (Å²) in [6.45, 7) is 5.75. The van der Waals surface area contributed by atoms with Crippen molar-refractivity contribution in [3.63, 3.8) is 0 Å². The number of hydrogen-bond acceptors (Lipinski definition) is 7. The fraction of sp³-hybridized carbons (Fsp3) is 0.364. The van der Waals surface area contributed by atoms with Gasteiger partial charge in [0.15, 0.2) is 0 Å². The molecule has 1 saturated heterocycles. The average molecular weight is 425 g/mol. The van der Waals surface area contributed by atoms with Gasteiger partial charge in [0, 0.05) is 12.6 Å². The molecule has 4 rings (SSSR count). The third kappa shape index (κ3) is 4.30. The molecular formula is C22H23N3O6. The zero-order valence-electron chi connectivity index (χ0n) is 17.5. The number of esters is 1. The number of fused-ring (bicyclic) bond motifs is 1. The molecule has 9 nitrogen and oxygen atoms in total. The van der Waals surface area contributed by atoms with E-state index < -0.39 is 23.7 Å². The van der Waals surface area contributed by atoms with Crippen LogP contribution in [0.25, 0.3) is 22.2 Å². The summed E-state index contributed by atoms with van der Waals surface area (Å²) in [5, 5.41) is 0.350. The van der Waals surface area contributed by atoms with Crippen LogP contribution in [-0.4, -0.2) is 45.1 Å². The molecule has 9 heteroatoms. The second kappa shape index (κ2) is 7.90. The van der Waals surface area contributed by atoms with Crippen LogP contribution in [0, 0.1) is 0 Å². The van der Waals surface area contributed by atoms with E-state index in [0.29, 0.717) is 36.0 Å². The third-order valence-electron chi connectivity index (χ3n) is 4.91. The molecule has 1 fully saturated rings. The lowest BCUT2D eigenvalue weighted by Crippen LogP contribution is -2.44. The number of rotatable bonds is 3. The number of amides is 1. The monoisotopic (exact) mass is 425 g/mol. The van der Waals surface area contributed by atoms with Gasteiger partial charge in [0.25, 0.3) is 0 Å². The van der Waals surface area contributed by atoms with Crippen LogP contribution < -0.4 is 10.2 Å². The van der Waals surface area contributed by atoms with Gasteiger partial charge in [-0.05, 0) is 45.7 Å². The predicted molar refractivity (Wildman–Crippen MR) is 112 cm³/mol. The van der Waals surface area contributed by atoms with E-state index in [0.717, 1.165) is 0 Å². The van der Waals surface area contributed by atoms with Crippen LogP contribution in [0.3, 0.4) is 0 Å². The molecule has 0 bridgehead atoms. The van der Waals surface area contributed by atoms with Gasteiger partial charge in [-0.25, -0.2) is 14.6 Å². The van der Waals surface area contributed by atoms with Crippen LogP contribution in [0.1, 0.15) is 33.6 Å². The molecule has 0 radical (unpaired) electrons. The molecular weight excluding hydrogens is 402 g/mol. The maximum atomic E-state index is 12.7. The summed E-state index contributed by atoms with van der Waals surface area (Å²) in [5.41, 5.74) is 0.312. The van der Waals surface area contributed by atoms with E-state index in [1.807, 2.05) is 0 Å². The molecule has 1 aliphatic rings. The number of carbonyl (C=O) groups is 2. The highest BCUT2D eigenvalue weighted by Gasteiger charge is 2.38. The van der Waals surface area contributed by atoms with Crippen molar-refractivity contribution in [2.75, 3.05) is 6.54 Å².